The van der Waals surface area contributed by atoms with E-state index >= 15 is 0 Å². The summed E-state index contributed by atoms with van der Waals surface area (Å²) in [6.45, 7) is 23.8. The van der Waals surface area contributed by atoms with Crippen LogP contribution in [0, 0.1) is 5.92 Å². The number of aliphatic hydroxyl groups excluding tert-OH is 1. The third-order valence-electron chi connectivity index (χ3n) is 5.38. The lowest BCUT2D eigenvalue weighted by molar-refractivity contribution is 0.180. The van der Waals surface area contributed by atoms with Crippen LogP contribution in [0.5, 0.6) is 0 Å². The first kappa shape index (κ1) is 21.4. The van der Waals surface area contributed by atoms with E-state index in [-0.39, 0.29) is 23.2 Å². The van der Waals surface area contributed by atoms with Gasteiger partial charge in [0.05, 0.1) is 18.8 Å². The largest absolute Gasteiger partial charge is 0.414 e. The maximum atomic E-state index is 10.1. The van der Waals surface area contributed by atoms with E-state index in [9.17, 15) is 5.11 Å². The molecule has 1 heterocycles. The van der Waals surface area contributed by atoms with E-state index < -0.39 is 14.4 Å². The van der Waals surface area contributed by atoms with Crippen molar-refractivity contribution in [1.29, 1.82) is 0 Å². The van der Waals surface area contributed by atoms with Gasteiger partial charge in [0.15, 0.2) is 8.32 Å². The maximum Gasteiger partial charge on any atom is 0.192 e. The molecule has 0 aromatic heterocycles. The Balaban J connectivity index is 2.35. The van der Waals surface area contributed by atoms with E-state index in [0.717, 1.165) is 17.6 Å². The van der Waals surface area contributed by atoms with Crippen molar-refractivity contribution in [2.45, 2.75) is 77.5 Å². The van der Waals surface area contributed by atoms with E-state index in [1.165, 1.54) is 0 Å². The lowest BCUT2D eigenvalue weighted by Crippen LogP contribution is -2.41. The molecule has 0 aromatic rings. The maximum absolute atomic E-state index is 10.1. The zero-order valence-corrected chi connectivity index (χ0v) is 17.6. The molecule has 0 radical (unpaired) electrons. The monoisotopic (exact) mass is 352 g/mol. The molecule has 1 N–H and O–H groups in total. The Hall–Kier alpha value is -0.683. The molecule has 138 valence electrons. The minimum absolute atomic E-state index is 0.0527. The van der Waals surface area contributed by atoms with Crippen molar-refractivity contribution in [3.05, 3.63) is 36.5 Å². The number of rotatable bonds is 9. The van der Waals surface area contributed by atoms with Crippen LogP contribution in [0.2, 0.25) is 18.1 Å². The van der Waals surface area contributed by atoms with Crippen LogP contribution in [-0.4, -0.2) is 38.3 Å². The fourth-order valence-electron chi connectivity index (χ4n) is 2.03. The highest BCUT2D eigenvalue weighted by atomic mass is 28.4. The average molecular weight is 353 g/mol. The van der Waals surface area contributed by atoms with Gasteiger partial charge in [0.2, 0.25) is 0 Å². The molecule has 3 nitrogen and oxygen atoms in total. The summed E-state index contributed by atoms with van der Waals surface area (Å²) < 4.78 is 11.9. The summed E-state index contributed by atoms with van der Waals surface area (Å²) in [6, 6.07) is 0. The highest BCUT2D eigenvalue weighted by Gasteiger charge is 2.43. The minimum Gasteiger partial charge on any atom is -0.414 e. The topological polar surface area (TPSA) is 42.0 Å². The number of allylic oxidation sites excluding steroid dienone is 1. The molecule has 0 spiro atoms. The summed E-state index contributed by atoms with van der Waals surface area (Å²) in [5, 5.41) is 10.3. The molecule has 0 unspecified atom stereocenters. The van der Waals surface area contributed by atoms with Gasteiger partial charge in [0.25, 0.3) is 0 Å². The summed E-state index contributed by atoms with van der Waals surface area (Å²) in [7, 11) is -1.71. The van der Waals surface area contributed by atoms with Crippen LogP contribution in [0.1, 0.15) is 41.0 Å². The van der Waals surface area contributed by atoms with Gasteiger partial charge in [-0.1, -0.05) is 64.2 Å². The number of aliphatic hydroxyl groups is 1. The van der Waals surface area contributed by atoms with Crippen LogP contribution >= 0.6 is 0 Å². The predicted octanol–water partition coefficient (Wildman–Crippen LogP) is 4.85. The molecule has 1 saturated heterocycles. The standard InChI is InChI=1S/C20H36O3Si/c1-14(2)16(4)17(21)11-10-15(3)12-18-19(23-18)13-22-24(8,9)20(5,6)7/h10-11,16-19,21H,1,3,12-13H2,2,4-9H3/b11-10+/t16-,17+,18+,19+/m0/s1. The third-order valence-corrected chi connectivity index (χ3v) is 9.89. The Morgan fingerprint density at radius 3 is 2.38 bits per heavy atom. The molecule has 0 aromatic carbocycles. The van der Waals surface area contributed by atoms with Crippen molar-refractivity contribution in [2.24, 2.45) is 5.92 Å². The summed E-state index contributed by atoms with van der Waals surface area (Å²) in [6.07, 6.45) is 4.35. The van der Waals surface area contributed by atoms with Crippen molar-refractivity contribution < 1.29 is 14.3 Å². The molecule has 1 aliphatic heterocycles. The zero-order valence-electron chi connectivity index (χ0n) is 16.6. The smallest absolute Gasteiger partial charge is 0.192 e. The average Bonchev–Trinajstić information content (AvgIpc) is 3.18. The fraction of sp³-hybridized carbons (Fsp3) is 0.700. The molecule has 4 heteroatoms. The van der Waals surface area contributed by atoms with E-state index in [1.807, 2.05) is 19.9 Å². The Labute approximate surface area is 149 Å². The van der Waals surface area contributed by atoms with Crippen LogP contribution in [-0.2, 0) is 9.16 Å². The van der Waals surface area contributed by atoms with Crippen LogP contribution in [0.3, 0.4) is 0 Å². The molecule has 1 fully saturated rings. The second-order valence-electron chi connectivity index (χ2n) is 8.63. The normalized spacial score (nSPS) is 24.0. The van der Waals surface area contributed by atoms with Crippen LogP contribution in [0.25, 0.3) is 0 Å². The molecule has 1 rings (SSSR count). The summed E-state index contributed by atoms with van der Waals surface area (Å²) >= 11 is 0. The Kier molecular flexibility index (Phi) is 7.24. The van der Waals surface area contributed by atoms with Crippen molar-refractivity contribution in [3.63, 3.8) is 0 Å². The summed E-state index contributed by atoms with van der Waals surface area (Å²) in [4.78, 5) is 0. The van der Waals surface area contributed by atoms with Crippen molar-refractivity contribution in [2.75, 3.05) is 6.61 Å². The predicted molar refractivity (Wildman–Crippen MR) is 105 cm³/mol. The van der Waals surface area contributed by atoms with Gasteiger partial charge in [0.1, 0.15) is 6.10 Å². The first-order valence-electron chi connectivity index (χ1n) is 8.84. The Bertz CT molecular complexity index is 488. The molecule has 4 atom stereocenters. The van der Waals surface area contributed by atoms with Gasteiger partial charge in [-0.2, -0.15) is 0 Å². The molecule has 1 aliphatic rings. The SMILES string of the molecule is C=C(/C=C/[C@@H](O)[C@@H](C)C(=C)C)C[C@H]1O[C@@H]1CO[Si](C)(C)C(C)(C)C. The highest BCUT2D eigenvalue weighted by molar-refractivity contribution is 6.74. The Morgan fingerprint density at radius 1 is 1.29 bits per heavy atom. The van der Waals surface area contributed by atoms with Crippen molar-refractivity contribution in [3.8, 4) is 0 Å². The van der Waals surface area contributed by atoms with Crippen molar-refractivity contribution >= 4 is 8.32 Å². The van der Waals surface area contributed by atoms with Crippen LogP contribution < -0.4 is 0 Å². The first-order valence-corrected chi connectivity index (χ1v) is 11.7. The number of epoxide rings is 1. The lowest BCUT2D eigenvalue weighted by Gasteiger charge is -2.36. The molecule has 0 saturated carbocycles. The van der Waals surface area contributed by atoms with Gasteiger partial charge in [0, 0.05) is 12.3 Å². The van der Waals surface area contributed by atoms with E-state index in [4.69, 9.17) is 9.16 Å². The van der Waals surface area contributed by atoms with Gasteiger partial charge in [-0.05, 0) is 25.1 Å². The first-order chi connectivity index (χ1) is 10.8. The summed E-state index contributed by atoms with van der Waals surface area (Å²) in [5.41, 5.74) is 1.95. The molecule has 24 heavy (non-hydrogen) atoms. The number of hydrogen-bond acceptors (Lipinski definition) is 3. The molecule has 0 bridgehead atoms. The van der Waals surface area contributed by atoms with Gasteiger partial charge >= 0.3 is 0 Å². The van der Waals surface area contributed by atoms with E-state index in [1.54, 1.807) is 6.08 Å². The molecule has 0 amide bonds. The van der Waals surface area contributed by atoms with Crippen LogP contribution in [0.15, 0.2) is 36.5 Å². The minimum atomic E-state index is -1.71. The van der Waals surface area contributed by atoms with Crippen LogP contribution in [0.4, 0.5) is 0 Å². The van der Waals surface area contributed by atoms with Gasteiger partial charge in [-0.15, -0.1) is 0 Å². The quantitative estimate of drug-likeness (QED) is 0.279. The number of ether oxygens (including phenoxy) is 1. The van der Waals surface area contributed by atoms with Gasteiger partial charge < -0.3 is 14.3 Å². The van der Waals surface area contributed by atoms with Gasteiger partial charge in [-0.25, -0.2) is 0 Å². The molecular weight excluding hydrogens is 316 g/mol. The van der Waals surface area contributed by atoms with E-state index in [2.05, 4.69) is 47.0 Å². The number of hydrogen-bond donors (Lipinski definition) is 1. The van der Waals surface area contributed by atoms with Gasteiger partial charge in [-0.3, -0.25) is 0 Å². The van der Waals surface area contributed by atoms with E-state index in [0.29, 0.717) is 6.61 Å². The Morgan fingerprint density at radius 2 is 1.88 bits per heavy atom. The highest BCUT2D eigenvalue weighted by Crippen LogP contribution is 2.38. The second-order valence-corrected chi connectivity index (χ2v) is 13.4. The second kappa shape index (κ2) is 8.13. The van der Waals surface area contributed by atoms with Crippen molar-refractivity contribution in [1.82, 2.24) is 0 Å². The molecule has 0 aliphatic carbocycles. The zero-order chi connectivity index (χ0) is 18.7. The third kappa shape index (κ3) is 6.32. The summed E-state index contributed by atoms with van der Waals surface area (Å²) in [5.74, 6) is 0.0527. The molecular formula is C20H36O3Si. The lowest BCUT2D eigenvalue weighted by atomic mass is 9.96. The fourth-order valence-corrected chi connectivity index (χ4v) is 3.05.